The Kier molecular flexibility index (Phi) is 1.30. The molecule has 2 atom stereocenters. The molecule has 1 aromatic carbocycles. The third kappa shape index (κ3) is 1.06. The Hall–Kier alpha value is -1.28. The first-order valence-electron chi connectivity index (χ1n) is 4.67. The molecule has 66 valence electrons. The first kappa shape index (κ1) is 7.15. The summed E-state index contributed by atoms with van der Waals surface area (Å²) >= 11 is 0. The maximum Gasteiger partial charge on any atom is 0.0454 e. The first-order valence-corrected chi connectivity index (χ1v) is 4.67. The van der Waals surface area contributed by atoms with Crippen molar-refractivity contribution in [1.82, 2.24) is 4.98 Å². The standard InChI is InChI=1S/C11H12N2/c12-10-6-9(10)7-1-2-11-8(5-7)3-4-13-11/h1-5,9-10,13H,6,12H2/t9-,10+/m0/s1. The maximum atomic E-state index is 5.81. The van der Waals surface area contributed by atoms with Crippen molar-refractivity contribution in [2.45, 2.75) is 18.4 Å². The minimum Gasteiger partial charge on any atom is -0.361 e. The third-order valence-corrected chi connectivity index (χ3v) is 2.85. The molecule has 2 nitrogen and oxygen atoms in total. The number of rotatable bonds is 1. The highest BCUT2D eigenvalue weighted by atomic mass is 14.7. The summed E-state index contributed by atoms with van der Waals surface area (Å²) in [7, 11) is 0. The van der Waals surface area contributed by atoms with E-state index in [1.165, 1.54) is 16.5 Å². The van der Waals surface area contributed by atoms with Gasteiger partial charge in [-0.1, -0.05) is 6.07 Å². The van der Waals surface area contributed by atoms with Gasteiger partial charge in [-0.2, -0.15) is 0 Å². The van der Waals surface area contributed by atoms with Crippen LogP contribution in [-0.4, -0.2) is 11.0 Å². The number of benzene rings is 1. The molecule has 0 bridgehead atoms. The fourth-order valence-corrected chi connectivity index (χ4v) is 1.90. The Bertz CT molecular complexity index is 444. The van der Waals surface area contributed by atoms with Gasteiger partial charge in [0.25, 0.3) is 0 Å². The van der Waals surface area contributed by atoms with Gasteiger partial charge in [0.15, 0.2) is 0 Å². The summed E-state index contributed by atoms with van der Waals surface area (Å²) in [5.41, 5.74) is 8.41. The second-order valence-corrected chi connectivity index (χ2v) is 3.83. The van der Waals surface area contributed by atoms with Crippen LogP contribution in [0.5, 0.6) is 0 Å². The van der Waals surface area contributed by atoms with Gasteiger partial charge < -0.3 is 10.7 Å². The number of aromatic nitrogens is 1. The van der Waals surface area contributed by atoms with Crippen LogP contribution in [0.1, 0.15) is 17.9 Å². The summed E-state index contributed by atoms with van der Waals surface area (Å²) in [5, 5.41) is 1.29. The van der Waals surface area contributed by atoms with E-state index in [0.29, 0.717) is 12.0 Å². The molecule has 2 aromatic rings. The summed E-state index contributed by atoms with van der Waals surface area (Å²) in [6, 6.07) is 9.05. The van der Waals surface area contributed by atoms with Crippen LogP contribution in [0.4, 0.5) is 0 Å². The number of hydrogen-bond acceptors (Lipinski definition) is 1. The van der Waals surface area contributed by atoms with Crippen molar-refractivity contribution in [2.24, 2.45) is 5.73 Å². The quantitative estimate of drug-likeness (QED) is 0.678. The van der Waals surface area contributed by atoms with E-state index in [1.807, 2.05) is 6.20 Å². The van der Waals surface area contributed by atoms with Crippen LogP contribution in [0.2, 0.25) is 0 Å². The summed E-state index contributed by atoms with van der Waals surface area (Å²) in [6.07, 6.45) is 3.12. The van der Waals surface area contributed by atoms with Crippen LogP contribution in [0, 0.1) is 0 Å². The fraction of sp³-hybridized carbons (Fsp3) is 0.273. The van der Waals surface area contributed by atoms with Gasteiger partial charge in [0.05, 0.1) is 0 Å². The number of H-pyrrole nitrogens is 1. The van der Waals surface area contributed by atoms with Crippen LogP contribution in [0.25, 0.3) is 10.9 Å². The fourth-order valence-electron chi connectivity index (χ4n) is 1.90. The molecule has 0 radical (unpaired) electrons. The predicted octanol–water partition coefficient (Wildman–Crippen LogP) is 1.98. The Morgan fingerprint density at radius 2 is 2.15 bits per heavy atom. The van der Waals surface area contributed by atoms with E-state index in [1.54, 1.807) is 0 Å². The molecule has 1 aliphatic carbocycles. The molecule has 3 rings (SSSR count). The van der Waals surface area contributed by atoms with Gasteiger partial charge >= 0.3 is 0 Å². The Morgan fingerprint density at radius 1 is 1.31 bits per heavy atom. The van der Waals surface area contributed by atoms with Gasteiger partial charge in [-0.25, -0.2) is 0 Å². The molecular weight excluding hydrogens is 160 g/mol. The van der Waals surface area contributed by atoms with E-state index in [9.17, 15) is 0 Å². The Balaban J connectivity index is 2.10. The minimum absolute atomic E-state index is 0.399. The largest absolute Gasteiger partial charge is 0.361 e. The number of hydrogen-bond donors (Lipinski definition) is 2. The molecule has 0 saturated heterocycles. The molecular formula is C11H12N2. The molecule has 0 spiro atoms. The van der Waals surface area contributed by atoms with Crippen molar-refractivity contribution in [3.63, 3.8) is 0 Å². The predicted molar refractivity (Wildman–Crippen MR) is 53.6 cm³/mol. The molecule has 1 heterocycles. The van der Waals surface area contributed by atoms with Crippen molar-refractivity contribution in [3.8, 4) is 0 Å². The van der Waals surface area contributed by atoms with E-state index in [0.717, 1.165) is 6.42 Å². The molecule has 0 amide bonds. The maximum absolute atomic E-state index is 5.81. The second kappa shape index (κ2) is 2.36. The number of nitrogens with one attached hydrogen (secondary N) is 1. The molecule has 1 aliphatic rings. The number of fused-ring (bicyclic) bond motifs is 1. The van der Waals surface area contributed by atoms with E-state index in [4.69, 9.17) is 5.73 Å². The van der Waals surface area contributed by atoms with Crippen LogP contribution >= 0.6 is 0 Å². The highest BCUT2D eigenvalue weighted by Gasteiger charge is 2.34. The van der Waals surface area contributed by atoms with Crippen molar-refractivity contribution in [1.29, 1.82) is 0 Å². The molecule has 3 N–H and O–H groups in total. The smallest absolute Gasteiger partial charge is 0.0454 e. The van der Waals surface area contributed by atoms with Crippen LogP contribution < -0.4 is 5.73 Å². The molecule has 0 unspecified atom stereocenters. The summed E-state index contributed by atoms with van der Waals surface area (Å²) < 4.78 is 0. The minimum atomic E-state index is 0.399. The van der Waals surface area contributed by atoms with E-state index >= 15 is 0 Å². The zero-order chi connectivity index (χ0) is 8.84. The van der Waals surface area contributed by atoms with Crippen molar-refractivity contribution >= 4 is 10.9 Å². The first-order chi connectivity index (χ1) is 6.34. The normalized spacial score (nSPS) is 26.5. The Morgan fingerprint density at radius 3 is 2.92 bits per heavy atom. The van der Waals surface area contributed by atoms with Crippen LogP contribution in [0.3, 0.4) is 0 Å². The van der Waals surface area contributed by atoms with Crippen LogP contribution in [-0.2, 0) is 0 Å². The lowest BCUT2D eigenvalue weighted by atomic mass is 10.1. The highest BCUT2D eigenvalue weighted by Crippen LogP contribution is 2.39. The SMILES string of the molecule is N[C@@H]1C[C@H]1c1ccc2[nH]ccc2c1. The van der Waals surface area contributed by atoms with E-state index in [2.05, 4.69) is 29.2 Å². The van der Waals surface area contributed by atoms with Gasteiger partial charge in [0.2, 0.25) is 0 Å². The molecule has 1 aromatic heterocycles. The van der Waals surface area contributed by atoms with Gasteiger partial charge in [-0.05, 0) is 35.6 Å². The average Bonchev–Trinajstić information content (AvgIpc) is 2.70. The highest BCUT2D eigenvalue weighted by molar-refractivity contribution is 5.80. The molecule has 2 heteroatoms. The van der Waals surface area contributed by atoms with E-state index in [-0.39, 0.29) is 0 Å². The lowest BCUT2D eigenvalue weighted by molar-refractivity contribution is 0.992. The zero-order valence-electron chi connectivity index (χ0n) is 7.33. The van der Waals surface area contributed by atoms with Crippen molar-refractivity contribution < 1.29 is 0 Å². The molecule has 1 fully saturated rings. The van der Waals surface area contributed by atoms with Crippen molar-refractivity contribution in [3.05, 3.63) is 36.0 Å². The molecule has 13 heavy (non-hydrogen) atoms. The lowest BCUT2D eigenvalue weighted by Gasteiger charge is -1.98. The number of nitrogens with two attached hydrogens (primary N) is 1. The topological polar surface area (TPSA) is 41.8 Å². The third-order valence-electron chi connectivity index (χ3n) is 2.85. The zero-order valence-corrected chi connectivity index (χ0v) is 7.33. The lowest BCUT2D eigenvalue weighted by Crippen LogP contribution is -2.00. The summed E-state index contributed by atoms with van der Waals surface area (Å²) in [6.45, 7) is 0. The summed E-state index contributed by atoms with van der Waals surface area (Å²) in [5.74, 6) is 0.610. The van der Waals surface area contributed by atoms with E-state index < -0.39 is 0 Å². The monoisotopic (exact) mass is 172 g/mol. The van der Waals surface area contributed by atoms with Crippen LogP contribution in [0.15, 0.2) is 30.5 Å². The summed E-state index contributed by atoms with van der Waals surface area (Å²) in [4.78, 5) is 3.19. The molecule has 0 aliphatic heterocycles. The van der Waals surface area contributed by atoms with Gasteiger partial charge in [-0.3, -0.25) is 0 Å². The molecule has 1 saturated carbocycles. The van der Waals surface area contributed by atoms with Crippen molar-refractivity contribution in [2.75, 3.05) is 0 Å². The van der Waals surface area contributed by atoms with Gasteiger partial charge in [-0.15, -0.1) is 0 Å². The second-order valence-electron chi connectivity index (χ2n) is 3.83. The van der Waals surface area contributed by atoms with Gasteiger partial charge in [0.1, 0.15) is 0 Å². The van der Waals surface area contributed by atoms with Gasteiger partial charge in [0, 0.05) is 23.7 Å². The Labute approximate surface area is 76.8 Å². The average molecular weight is 172 g/mol. The number of aromatic amines is 1.